The number of carbonyl (C=O) groups is 1. The highest BCUT2D eigenvalue weighted by Gasteiger charge is 2.53. The van der Waals surface area contributed by atoms with Crippen LogP contribution >= 0.6 is 0 Å². The third-order valence-electron chi connectivity index (χ3n) is 15.0. The van der Waals surface area contributed by atoms with E-state index in [-0.39, 0.29) is 18.9 Å². The quantitative estimate of drug-likeness (QED) is 0.0253. The van der Waals surface area contributed by atoms with Gasteiger partial charge in [0, 0.05) is 6.42 Å². The number of aliphatic hydroxyl groups is 11. The van der Waals surface area contributed by atoms with E-state index in [9.17, 15) is 61.0 Å². The molecule has 19 nitrogen and oxygen atoms in total. The average Bonchev–Trinajstić information content (AvgIpc) is 3.46. The van der Waals surface area contributed by atoms with Gasteiger partial charge < -0.3 is 89.9 Å². The Kier molecular flexibility index (Phi) is 40.0. The molecule has 12 N–H and O–H groups in total. The molecule has 1 amide bonds. The Bertz CT molecular complexity index is 1760. The molecule has 0 aliphatic carbocycles. The molecule has 17 unspecified atom stereocenters. The van der Waals surface area contributed by atoms with E-state index in [1.807, 2.05) is 6.08 Å². The minimum Gasteiger partial charge on any atom is -0.394 e. The minimum atomic E-state index is -1.98. The van der Waals surface area contributed by atoms with Crippen molar-refractivity contribution < 1.29 is 89.4 Å². The number of rotatable bonds is 44. The molecule has 0 radical (unpaired) electrons. The number of hydrogen-bond acceptors (Lipinski definition) is 18. The van der Waals surface area contributed by atoms with Gasteiger partial charge in [0.1, 0.15) is 73.2 Å². The third kappa shape index (κ3) is 28.3. The summed E-state index contributed by atoms with van der Waals surface area (Å²) in [5.41, 5.74) is 0. The van der Waals surface area contributed by atoms with E-state index in [0.29, 0.717) is 12.8 Å². The normalized spacial score (nSPS) is 30.3. The smallest absolute Gasteiger partial charge is 0.220 e. The van der Waals surface area contributed by atoms with E-state index in [0.717, 1.165) is 77.0 Å². The first-order valence-electron chi connectivity index (χ1n) is 30.7. The molecule has 468 valence electrons. The van der Waals surface area contributed by atoms with Crippen LogP contribution in [-0.2, 0) is 33.2 Å². The Labute approximate surface area is 483 Å². The van der Waals surface area contributed by atoms with Crippen LogP contribution in [0.25, 0.3) is 0 Å². The van der Waals surface area contributed by atoms with Crippen LogP contribution in [-0.4, -0.2) is 193 Å². The van der Waals surface area contributed by atoms with Crippen molar-refractivity contribution in [3.05, 3.63) is 72.9 Å². The molecule has 0 bridgehead atoms. The number of aliphatic hydroxyl groups excluding tert-OH is 11. The maximum atomic E-state index is 13.3. The second-order valence-electron chi connectivity index (χ2n) is 21.8. The maximum Gasteiger partial charge on any atom is 0.220 e. The van der Waals surface area contributed by atoms with E-state index in [1.54, 1.807) is 6.08 Å². The van der Waals surface area contributed by atoms with Gasteiger partial charge in [0.15, 0.2) is 18.9 Å². The summed E-state index contributed by atoms with van der Waals surface area (Å²) in [5.74, 6) is -0.298. The van der Waals surface area contributed by atoms with Gasteiger partial charge in [-0.2, -0.15) is 0 Å². The lowest BCUT2D eigenvalue weighted by molar-refractivity contribution is -0.379. The molecular formula is C62H107NO18. The zero-order chi connectivity index (χ0) is 59.0. The summed E-state index contributed by atoms with van der Waals surface area (Å²) in [6.07, 6.45) is 25.9. The van der Waals surface area contributed by atoms with Crippen molar-refractivity contribution in [2.24, 2.45) is 0 Å². The molecular weight excluding hydrogens is 1050 g/mol. The van der Waals surface area contributed by atoms with Crippen molar-refractivity contribution in [2.45, 2.75) is 285 Å². The second kappa shape index (κ2) is 44.7. The molecule has 0 aromatic rings. The topological polar surface area (TPSA) is 307 Å². The van der Waals surface area contributed by atoms with Crippen LogP contribution in [0.5, 0.6) is 0 Å². The van der Waals surface area contributed by atoms with Crippen LogP contribution in [0.3, 0.4) is 0 Å². The van der Waals surface area contributed by atoms with Gasteiger partial charge in [-0.1, -0.05) is 177 Å². The Morgan fingerprint density at radius 3 is 1.38 bits per heavy atom. The minimum absolute atomic E-state index is 0.222. The number of amides is 1. The van der Waals surface area contributed by atoms with Gasteiger partial charge in [0.05, 0.1) is 38.6 Å². The molecule has 17 atom stereocenters. The van der Waals surface area contributed by atoms with Crippen LogP contribution in [0, 0.1) is 0 Å². The molecule has 3 heterocycles. The fourth-order valence-corrected chi connectivity index (χ4v) is 9.96. The molecule has 0 aromatic carbocycles. The highest BCUT2D eigenvalue weighted by atomic mass is 16.8. The standard InChI is InChI=1S/C62H107NO18/c1-3-5-7-9-11-13-15-17-19-20-21-22-23-24-26-28-30-32-34-36-38-40-50(68)63-45(46(67)39-37-35-33-31-29-27-25-18-16-14-12-10-8-6-4-2)44-76-60-56(74)53(71)58(48(42-65)78-60)81-62-57(75)54(72)59(49(43-66)79-62)80-61-55(73)52(70)51(69)47(41-64)77-61/h5,7,11,13,17,19,21-22,29,31,37,39,45-49,51-62,64-67,69-75H,3-4,6,8-10,12,14-16,18,20,23-28,30,32-36,38,40-44H2,1-2H3,(H,63,68)/b7-5-,13-11-,19-17-,22-21-,31-29+,39-37+. The van der Waals surface area contributed by atoms with Crippen LogP contribution in [0.1, 0.15) is 181 Å². The van der Waals surface area contributed by atoms with E-state index in [1.165, 1.54) is 70.6 Å². The summed E-state index contributed by atoms with van der Waals surface area (Å²) in [7, 11) is 0. The molecule has 3 aliphatic rings. The zero-order valence-corrected chi connectivity index (χ0v) is 48.7. The van der Waals surface area contributed by atoms with Gasteiger partial charge in [0.25, 0.3) is 0 Å². The lowest BCUT2D eigenvalue weighted by atomic mass is 9.96. The summed E-state index contributed by atoms with van der Waals surface area (Å²) in [5, 5.41) is 120. The maximum absolute atomic E-state index is 13.3. The van der Waals surface area contributed by atoms with Crippen LogP contribution in [0.4, 0.5) is 0 Å². The SMILES string of the molecule is CC/C=C\C/C=C\C/C=C\C/C=C\CCCCCCCCCCC(=O)NC(COC1OC(CO)C(OC2OC(CO)C(OC3OC(CO)C(O)C(O)C3O)C(O)C2O)C(O)C1O)C(O)/C=C/CC/C=C/CCCCCCCCCCC. The van der Waals surface area contributed by atoms with E-state index in [2.05, 4.69) is 79.9 Å². The van der Waals surface area contributed by atoms with Gasteiger partial charge in [-0.3, -0.25) is 4.79 Å². The van der Waals surface area contributed by atoms with Crippen molar-refractivity contribution in [3.63, 3.8) is 0 Å². The van der Waals surface area contributed by atoms with Crippen molar-refractivity contribution in [3.8, 4) is 0 Å². The predicted molar refractivity (Wildman–Crippen MR) is 309 cm³/mol. The Morgan fingerprint density at radius 2 is 0.864 bits per heavy atom. The number of carbonyl (C=O) groups excluding carboxylic acids is 1. The monoisotopic (exact) mass is 1150 g/mol. The molecule has 0 aromatic heterocycles. The molecule has 81 heavy (non-hydrogen) atoms. The summed E-state index contributed by atoms with van der Waals surface area (Å²) >= 11 is 0. The number of allylic oxidation sites excluding steroid dienone is 11. The molecule has 0 spiro atoms. The first-order valence-corrected chi connectivity index (χ1v) is 30.7. The Hall–Kier alpha value is -2.77. The van der Waals surface area contributed by atoms with Gasteiger partial charge in [-0.25, -0.2) is 0 Å². The summed E-state index contributed by atoms with van der Waals surface area (Å²) in [6.45, 7) is 1.56. The largest absolute Gasteiger partial charge is 0.394 e. The highest BCUT2D eigenvalue weighted by Crippen LogP contribution is 2.33. The van der Waals surface area contributed by atoms with Crippen molar-refractivity contribution in [1.29, 1.82) is 0 Å². The number of hydrogen-bond donors (Lipinski definition) is 12. The van der Waals surface area contributed by atoms with Gasteiger partial charge >= 0.3 is 0 Å². The lowest BCUT2D eigenvalue weighted by Crippen LogP contribution is -2.66. The van der Waals surface area contributed by atoms with Gasteiger partial charge in [0.2, 0.25) is 5.91 Å². The molecule has 3 saturated heterocycles. The summed E-state index contributed by atoms with van der Waals surface area (Å²) < 4.78 is 34.2. The van der Waals surface area contributed by atoms with E-state index in [4.69, 9.17) is 28.4 Å². The van der Waals surface area contributed by atoms with Gasteiger partial charge in [-0.05, 0) is 70.6 Å². The lowest BCUT2D eigenvalue weighted by Gasteiger charge is -2.48. The molecule has 0 saturated carbocycles. The Morgan fingerprint density at radius 1 is 0.457 bits per heavy atom. The van der Waals surface area contributed by atoms with Crippen molar-refractivity contribution >= 4 is 5.91 Å². The third-order valence-corrected chi connectivity index (χ3v) is 15.0. The van der Waals surface area contributed by atoms with Gasteiger partial charge in [-0.15, -0.1) is 0 Å². The molecule has 3 fully saturated rings. The predicted octanol–water partition coefficient (Wildman–Crippen LogP) is 5.82. The second-order valence-corrected chi connectivity index (χ2v) is 21.8. The van der Waals surface area contributed by atoms with Crippen molar-refractivity contribution in [1.82, 2.24) is 5.32 Å². The molecule has 3 rings (SSSR count). The first kappa shape index (κ1) is 72.5. The summed E-state index contributed by atoms with van der Waals surface area (Å²) in [4.78, 5) is 13.3. The fraction of sp³-hybridized carbons (Fsp3) is 0.790. The van der Waals surface area contributed by atoms with E-state index >= 15 is 0 Å². The first-order chi connectivity index (χ1) is 39.3. The fourth-order valence-electron chi connectivity index (χ4n) is 9.96. The van der Waals surface area contributed by atoms with Crippen LogP contribution < -0.4 is 5.32 Å². The number of unbranched alkanes of at least 4 members (excludes halogenated alkanes) is 18. The van der Waals surface area contributed by atoms with E-state index < -0.39 is 124 Å². The zero-order valence-electron chi connectivity index (χ0n) is 48.7. The van der Waals surface area contributed by atoms with Crippen LogP contribution in [0.15, 0.2) is 72.9 Å². The highest BCUT2D eigenvalue weighted by molar-refractivity contribution is 5.76. The number of nitrogens with one attached hydrogen (secondary N) is 1. The van der Waals surface area contributed by atoms with Crippen LogP contribution in [0.2, 0.25) is 0 Å². The molecule has 3 aliphatic heterocycles. The average molecular weight is 1150 g/mol. The summed E-state index contributed by atoms with van der Waals surface area (Å²) in [6, 6.07) is -0.997. The Balaban J connectivity index is 1.50. The number of ether oxygens (including phenoxy) is 6. The van der Waals surface area contributed by atoms with Crippen molar-refractivity contribution in [2.75, 3.05) is 26.4 Å². The molecule has 19 heteroatoms.